The van der Waals surface area contributed by atoms with Crippen LogP contribution in [0.15, 0.2) is 23.4 Å². The summed E-state index contributed by atoms with van der Waals surface area (Å²) in [6.45, 7) is 2.63. The molecule has 4 nitrogen and oxygen atoms in total. The zero-order chi connectivity index (χ0) is 13.9. The Hall–Kier alpha value is -1.49. The van der Waals surface area contributed by atoms with Crippen molar-refractivity contribution in [3.8, 4) is 5.75 Å². The summed E-state index contributed by atoms with van der Waals surface area (Å²) >= 11 is 1.68. The molecule has 106 valence electrons. The zero-order valence-electron chi connectivity index (χ0n) is 11.5. The standard InChI is InChI=1S/C15H18N2O2S/c1-2-19-11-6-7-13-14(9-11)17-15(16-13)20-12-5-3-4-10(18)8-12/h6-7,9,12H,2-5,8H2,1H3,(H,16,17). The van der Waals surface area contributed by atoms with Crippen LogP contribution in [0.25, 0.3) is 11.0 Å². The highest BCUT2D eigenvalue weighted by atomic mass is 32.2. The summed E-state index contributed by atoms with van der Waals surface area (Å²) < 4.78 is 5.49. The van der Waals surface area contributed by atoms with E-state index >= 15 is 0 Å². The highest BCUT2D eigenvalue weighted by Crippen LogP contribution is 2.32. The Bertz CT molecular complexity index is 623. The van der Waals surface area contributed by atoms with Crippen molar-refractivity contribution < 1.29 is 9.53 Å². The number of imidazole rings is 1. The first-order valence-corrected chi connectivity index (χ1v) is 7.93. The van der Waals surface area contributed by atoms with Crippen LogP contribution < -0.4 is 4.74 Å². The lowest BCUT2D eigenvalue weighted by molar-refractivity contribution is -0.120. The highest BCUT2D eigenvalue weighted by Gasteiger charge is 2.21. The van der Waals surface area contributed by atoms with Crippen LogP contribution in [0.5, 0.6) is 5.75 Å². The van der Waals surface area contributed by atoms with E-state index in [1.54, 1.807) is 11.8 Å². The predicted molar refractivity (Wildman–Crippen MR) is 80.4 cm³/mol. The van der Waals surface area contributed by atoms with E-state index in [-0.39, 0.29) is 0 Å². The fraction of sp³-hybridized carbons (Fsp3) is 0.467. The molecular weight excluding hydrogens is 272 g/mol. The summed E-state index contributed by atoms with van der Waals surface area (Å²) in [7, 11) is 0. The second-order valence-electron chi connectivity index (χ2n) is 5.03. The van der Waals surface area contributed by atoms with Gasteiger partial charge in [0.2, 0.25) is 0 Å². The third-order valence-electron chi connectivity index (χ3n) is 3.46. The number of carbonyl (C=O) groups excluding carboxylic acids is 1. The average molecular weight is 290 g/mol. The SMILES string of the molecule is CCOc1ccc2nc(SC3CCCC(=O)C3)[nH]c2c1. The van der Waals surface area contributed by atoms with Gasteiger partial charge in [-0.15, -0.1) is 0 Å². The van der Waals surface area contributed by atoms with Gasteiger partial charge in [-0.2, -0.15) is 0 Å². The van der Waals surface area contributed by atoms with Gasteiger partial charge in [0.15, 0.2) is 5.16 Å². The Kier molecular flexibility index (Phi) is 3.96. The van der Waals surface area contributed by atoms with E-state index in [9.17, 15) is 4.79 Å². The number of carbonyl (C=O) groups is 1. The topological polar surface area (TPSA) is 55.0 Å². The molecule has 0 aliphatic heterocycles. The summed E-state index contributed by atoms with van der Waals surface area (Å²) in [5.41, 5.74) is 1.93. The normalized spacial score (nSPS) is 19.4. The van der Waals surface area contributed by atoms with E-state index in [4.69, 9.17) is 4.74 Å². The van der Waals surface area contributed by atoms with Crippen molar-refractivity contribution in [2.24, 2.45) is 0 Å². The van der Waals surface area contributed by atoms with E-state index in [1.807, 2.05) is 25.1 Å². The van der Waals surface area contributed by atoms with Crippen LogP contribution >= 0.6 is 11.8 Å². The monoisotopic (exact) mass is 290 g/mol. The number of rotatable bonds is 4. The Balaban J connectivity index is 1.76. The summed E-state index contributed by atoms with van der Waals surface area (Å²) in [6.07, 6.45) is 3.52. The largest absolute Gasteiger partial charge is 0.494 e. The van der Waals surface area contributed by atoms with Crippen molar-refractivity contribution in [2.45, 2.75) is 43.0 Å². The molecule has 3 rings (SSSR count). The van der Waals surface area contributed by atoms with E-state index in [1.165, 1.54) is 0 Å². The fourth-order valence-electron chi connectivity index (χ4n) is 2.52. The predicted octanol–water partition coefficient (Wildman–Crippen LogP) is 3.57. The number of nitrogens with one attached hydrogen (secondary N) is 1. The molecule has 0 saturated heterocycles. The maximum atomic E-state index is 11.5. The van der Waals surface area contributed by atoms with Crippen LogP contribution in [-0.4, -0.2) is 27.6 Å². The molecule has 5 heteroatoms. The second-order valence-corrected chi connectivity index (χ2v) is 6.32. The molecular formula is C15H18N2O2S. The van der Waals surface area contributed by atoms with Crippen molar-refractivity contribution in [1.82, 2.24) is 9.97 Å². The Morgan fingerprint density at radius 2 is 2.40 bits per heavy atom. The third-order valence-corrected chi connectivity index (χ3v) is 4.61. The number of nitrogens with zero attached hydrogens (tertiary/aromatic N) is 1. The molecule has 0 spiro atoms. The first kappa shape index (κ1) is 13.5. The van der Waals surface area contributed by atoms with E-state index < -0.39 is 0 Å². The van der Waals surface area contributed by atoms with Crippen molar-refractivity contribution in [3.05, 3.63) is 18.2 Å². The number of aromatic nitrogens is 2. The molecule has 1 saturated carbocycles. The number of hydrogen-bond donors (Lipinski definition) is 1. The van der Waals surface area contributed by atoms with Gasteiger partial charge in [0.25, 0.3) is 0 Å². The first-order valence-electron chi connectivity index (χ1n) is 7.05. The number of aromatic amines is 1. The van der Waals surface area contributed by atoms with Crippen molar-refractivity contribution in [1.29, 1.82) is 0 Å². The number of Topliss-reactive ketones (excluding diaryl/α,β-unsaturated/α-hetero) is 1. The zero-order valence-corrected chi connectivity index (χ0v) is 12.3. The van der Waals surface area contributed by atoms with E-state index in [2.05, 4.69) is 9.97 Å². The number of fused-ring (bicyclic) bond motifs is 1. The van der Waals surface area contributed by atoms with E-state index in [0.29, 0.717) is 24.1 Å². The lowest BCUT2D eigenvalue weighted by Gasteiger charge is -2.18. The molecule has 1 unspecified atom stereocenters. The summed E-state index contributed by atoms with van der Waals surface area (Å²) in [4.78, 5) is 19.4. The van der Waals surface area contributed by atoms with Gasteiger partial charge in [-0.1, -0.05) is 11.8 Å². The quantitative estimate of drug-likeness (QED) is 0.935. The second kappa shape index (κ2) is 5.87. The molecule has 1 N–H and O–H groups in total. The van der Waals surface area contributed by atoms with E-state index in [0.717, 1.165) is 41.2 Å². The lowest BCUT2D eigenvalue weighted by Crippen LogP contribution is -2.16. The molecule has 1 aliphatic carbocycles. The molecule has 0 radical (unpaired) electrons. The van der Waals surface area contributed by atoms with Gasteiger partial charge in [0.05, 0.1) is 17.6 Å². The van der Waals surface area contributed by atoms with Crippen LogP contribution in [0.4, 0.5) is 0 Å². The maximum Gasteiger partial charge on any atom is 0.166 e. The molecule has 0 amide bonds. The highest BCUT2D eigenvalue weighted by molar-refractivity contribution is 7.99. The van der Waals surface area contributed by atoms with Crippen LogP contribution in [0.3, 0.4) is 0 Å². The number of H-pyrrole nitrogens is 1. The van der Waals surface area contributed by atoms with Gasteiger partial charge in [-0.3, -0.25) is 4.79 Å². The van der Waals surface area contributed by atoms with Crippen LogP contribution in [0.1, 0.15) is 32.6 Å². The van der Waals surface area contributed by atoms with Crippen molar-refractivity contribution in [3.63, 3.8) is 0 Å². The smallest absolute Gasteiger partial charge is 0.166 e. The maximum absolute atomic E-state index is 11.5. The van der Waals surface area contributed by atoms with Gasteiger partial charge in [0.1, 0.15) is 11.5 Å². The summed E-state index contributed by atoms with van der Waals surface area (Å²) in [5, 5.41) is 1.26. The molecule has 1 heterocycles. The van der Waals surface area contributed by atoms with Crippen LogP contribution in [0, 0.1) is 0 Å². The Morgan fingerprint density at radius 1 is 1.50 bits per heavy atom. The minimum absolute atomic E-state index is 0.364. The number of benzene rings is 1. The number of hydrogen-bond acceptors (Lipinski definition) is 4. The number of thioether (sulfide) groups is 1. The first-order chi connectivity index (χ1) is 9.74. The van der Waals surface area contributed by atoms with Gasteiger partial charge in [0, 0.05) is 24.2 Å². The van der Waals surface area contributed by atoms with Crippen LogP contribution in [0.2, 0.25) is 0 Å². The Morgan fingerprint density at radius 3 is 3.20 bits per heavy atom. The van der Waals surface area contributed by atoms with Crippen LogP contribution in [-0.2, 0) is 4.79 Å². The minimum atomic E-state index is 0.364. The molecule has 1 atom stereocenters. The number of ketones is 1. The molecule has 1 aliphatic rings. The lowest BCUT2D eigenvalue weighted by atomic mass is 9.99. The van der Waals surface area contributed by atoms with Gasteiger partial charge < -0.3 is 9.72 Å². The molecule has 2 aromatic rings. The molecule has 1 fully saturated rings. The molecule has 20 heavy (non-hydrogen) atoms. The van der Waals surface area contributed by atoms with Gasteiger partial charge in [-0.05, 0) is 31.9 Å². The van der Waals surface area contributed by atoms with Crippen molar-refractivity contribution >= 4 is 28.6 Å². The third kappa shape index (κ3) is 2.98. The van der Waals surface area contributed by atoms with Crippen molar-refractivity contribution in [2.75, 3.05) is 6.61 Å². The Labute approximate surface area is 122 Å². The average Bonchev–Trinajstić information content (AvgIpc) is 2.80. The summed E-state index contributed by atoms with van der Waals surface area (Å²) in [6, 6.07) is 5.88. The van der Waals surface area contributed by atoms with Gasteiger partial charge in [-0.25, -0.2) is 4.98 Å². The summed E-state index contributed by atoms with van der Waals surface area (Å²) in [5.74, 6) is 1.23. The molecule has 0 bridgehead atoms. The molecule has 1 aromatic carbocycles. The van der Waals surface area contributed by atoms with Gasteiger partial charge >= 0.3 is 0 Å². The molecule has 1 aromatic heterocycles. The number of ether oxygens (including phenoxy) is 1. The fourth-order valence-corrected chi connectivity index (χ4v) is 3.71. The minimum Gasteiger partial charge on any atom is -0.494 e.